The van der Waals surface area contributed by atoms with Crippen molar-refractivity contribution >= 4 is 199 Å². The Labute approximate surface area is 692 Å². The molecule has 0 aromatic heterocycles. The van der Waals surface area contributed by atoms with Gasteiger partial charge in [0.05, 0.1) is 13.2 Å². The molecule has 2 saturated heterocycles. The molecule has 43 heteroatoms. The molecule has 2 aliphatic rings. The molecule has 4 atom stereocenters. The van der Waals surface area contributed by atoms with Gasteiger partial charge in [0.15, 0.2) is 83.9 Å². The van der Waals surface area contributed by atoms with Gasteiger partial charge in [-0.2, -0.15) is 0 Å². The van der Waals surface area contributed by atoms with Gasteiger partial charge >= 0.3 is 107 Å². The lowest BCUT2D eigenvalue weighted by Gasteiger charge is -2.49. The highest BCUT2D eigenvalue weighted by atomic mass is 28.6. The summed E-state index contributed by atoms with van der Waals surface area (Å²) in [6, 6.07) is 13.0. The van der Waals surface area contributed by atoms with Crippen LogP contribution in [-0.2, 0) is 89.0 Å². The molecule has 0 aromatic carbocycles. The number of carbonyl (C=O) groups excluding carboxylic acids is 2. The van der Waals surface area contributed by atoms with E-state index >= 15 is 0 Å². The summed E-state index contributed by atoms with van der Waals surface area (Å²) in [6.45, 7) is 100. The van der Waals surface area contributed by atoms with Crippen LogP contribution in [0.15, 0.2) is 24.3 Å². The molecule has 0 spiro atoms. The molecule has 644 valence electrons. The highest BCUT2D eigenvalue weighted by Gasteiger charge is 2.61. The fourth-order valence-electron chi connectivity index (χ4n) is 14.9. The van der Waals surface area contributed by atoms with Crippen molar-refractivity contribution in [1.82, 2.24) is 0 Å². The van der Waals surface area contributed by atoms with Gasteiger partial charge in [0.25, 0.3) is 0 Å². The van der Waals surface area contributed by atoms with E-state index in [9.17, 15) is 9.59 Å². The quantitative estimate of drug-likeness (QED) is 0.0240. The maximum Gasteiger partial charge on any atom is 0.636 e. The number of carbonyl (C=O) groups is 2. The average Bonchev–Trinajstić information content (AvgIpc) is 0.782. The molecule has 109 heavy (non-hydrogen) atoms. The van der Waals surface area contributed by atoms with Crippen molar-refractivity contribution in [2.24, 2.45) is 0 Å². The third kappa shape index (κ3) is 43.7. The number of ether oxygens (including phenoxy) is 2. The van der Waals surface area contributed by atoms with E-state index in [1.807, 2.05) is 0 Å². The van der Waals surface area contributed by atoms with Gasteiger partial charge in [0.1, 0.15) is 0 Å². The van der Waals surface area contributed by atoms with Gasteiger partial charge in [-0.05, 0) is 340 Å². The lowest BCUT2D eigenvalue weighted by Crippen LogP contribution is -2.67. The van der Waals surface area contributed by atoms with E-state index in [4.69, 9.17) is 79.4 Å². The summed E-state index contributed by atoms with van der Waals surface area (Å²) in [5.74, 6) is -0.761. The first-order valence-corrected chi connectivity index (χ1v) is 104. The monoisotopic (exact) mass is 1910 g/mol. The van der Waals surface area contributed by atoms with E-state index in [-0.39, 0.29) is 25.2 Å². The van der Waals surface area contributed by atoms with E-state index in [1.165, 1.54) is 0 Å². The van der Waals surface area contributed by atoms with Crippen molar-refractivity contribution < 1.29 is 89.0 Å². The van der Waals surface area contributed by atoms with Crippen LogP contribution in [0, 0.1) is 0 Å². The fraction of sp³-hybridized carbons (Fsp3) is 0.909. The fourth-order valence-corrected chi connectivity index (χ4v) is 131. The van der Waals surface area contributed by atoms with Crippen LogP contribution in [0.2, 0.25) is 339 Å². The van der Waals surface area contributed by atoms with Gasteiger partial charge < -0.3 is 79.4 Å². The van der Waals surface area contributed by atoms with Crippen LogP contribution in [0.1, 0.15) is 33.6 Å². The predicted molar refractivity (Wildman–Crippen MR) is 508 cm³/mol. The van der Waals surface area contributed by atoms with Crippen molar-refractivity contribution in [3.63, 3.8) is 0 Å². The Bertz CT molecular complexity index is 2940. The molecule has 2 aliphatic heterocycles. The molecule has 0 bridgehead atoms. The van der Waals surface area contributed by atoms with E-state index in [0.717, 1.165) is 78.6 Å². The minimum absolute atomic E-state index is 0.281. The molecular formula is C66H166O21Si22. The zero-order valence-corrected chi connectivity index (χ0v) is 99.7. The summed E-state index contributed by atoms with van der Waals surface area (Å²) in [5, 5.41) is 0. The highest BCUT2D eigenvalue weighted by Crippen LogP contribution is 2.43. The molecule has 0 amide bonds. The molecule has 2 rings (SSSR count). The highest BCUT2D eigenvalue weighted by molar-refractivity contribution is 6.98. The molecular weight excluding hydrogens is 1750 g/mol. The van der Waals surface area contributed by atoms with Crippen molar-refractivity contribution in [2.45, 2.75) is 373 Å². The average molecular weight is 1910 g/mol. The minimum atomic E-state index is -3.98. The Morgan fingerprint density at radius 1 is 0.321 bits per heavy atom. The van der Waals surface area contributed by atoms with Crippen LogP contribution < -0.4 is 0 Å². The maximum absolute atomic E-state index is 12.2. The van der Waals surface area contributed by atoms with Crippen molar-refractivity contribution in [3.05, 3.63) is 24.3 Å². The smallest absolute Gasteiger partial charge is 0.462 e. The molecule has 0 saturated carbocycles. The predicted octanol–water partition coefficient (Wildman–Crippen LogP) is 21.8. The van der Waals surface area contributed by atoms with Crippen LogP contribution in [-0.4, -0.2) is 212 Å². The van der Waals surface area contributed by atoms with E-state index in [1.54, 1.807) is 13.8 Å². The molecule has 2 heterocycles. The SMILES string of the molecule is C=C(C)C(=O)OCCC[Si]1(C)O[Si](C)(C)O[Si](C)(CC[Si](C)(C)O[Si](C)(C)O[Si](C)(C)CC[Si](C)(C)O[Si](O[Si](C)(C)CC[Si](C)(C)C)(O[Si](C)(C)CC[Si](C)(C)O[SiH](C)C)O[Si](C)(C)CC[Si](C)(C)O[Si](C)(C)O[Si](C)(C)CC[Si]2(C)O[Si](C)(C)O[Si](C)(CCCOC(=O)C(=C)C)O[Si](C)(CC)O2)O[Si](C)(C)O1. The van der Waals surface area contributed by atoms with Gasteiger partial charge in [-0.3, -0.25) is 0 Å². The summed E-state index contributed by atoms with van der Waals surface area (Å²) < 4.78 is 136. The van der Waals surface area contributed by atoms with Gasteiger partial charge in [-0.25, -0.2) is 9.59 Å². The Kier molecular flexibility index (Phi) is 39.7. The lowest BCUT2D eigenvalue weighted by molar-refractivity contribution is -0.139. The molecule has 2 fully saturated rings. The van der Waals surface area contributed by atoms with E-state index in [2.05, 4.69) is 269 Å². The number of hydrogen-bond acceptors (Lipinski definition) is 21. The normalized spacial score (nSPS) is 24.7. The summed E-state index contributed by atoms with van der Waals surface area (Å²) >= 11 is 0. The van der Waals surface area contributed by atoms with Crippen molar-refractivity contribution in [1.29, 1.82) is 0 Å². The van der Waals surface area contributed by atoms with Crippen LogP contribution >= 0.6 is 0 Å². The van der Waals surface area contributed by atoms with Gasteiger partial charge in [-0.15, -0.1) is 0 Å². The van der Waals surface area contributed by atoms with Crippen LogP contribution in [0.3, 0.4) is 0 Å². The second-order valence-electron chi connectivity index (χ2n) is 41.8. The Hall–Kier alpha value is 2.51. The Morgan fingerprint density at radius 3 is 0.807 bits per heavy atom. The first-order chi connectivity index (χ1) is 48.2. The first-order valence-electron chi connectivity index (χ1n) is 40.7. The minimum Gasteiger partial charge on any atom is -0.462 e. The van der Waals surface area contributed by atoms with Crippen molar-refractivity contribution in [3.8, 4) is 0 Å². The molecule has 4 unspecified atom stereocenters. The lowest BCUT2D eigenvalue weighted by atomic mass is 10.4. The van der Waals surface area contributed by atoms with E-state index < -0.39 is 187 Å². The zero-order chi connectivity index (χ0) is 85.3. The zero-order valence-electron chi connectivity index (χ0n) is 77.5. The van der Waals surface area contributed by atoms with Crippen LogP contribution in [0.4, 0.5) is 0 Å². The standard InChI is InChI=1S/C66H166O21Si22/c1-44-104(39)86-106(41,50-46-48-70-66(68)64(4)5)82-103(37,38)85-108(43,87-104)62-60-94(19,20)75-100(31,32)73-92(15,16)56-58-98(27,28)79-109(76-95(21,22)52-51-89(8,9)10,77-96(23,24)54-53-90(11,12)71-88(6)7)78-97(25,26)57-55-91(13,14)72-99(29,30)74-93(17,18)59-61-107(42)83-101(33,34)80-105(40,81-102(35,36)84-107)49-45-47-69-65(67)63(2)3/h88H,2,4,44-62H2,1,3,5-43H3. The third-order valence-electron chi connectivity index (χ3n) is 19.1. The summed E-state index contributed by atoms with van der Waals surface area (Å²) in [4.78, 5) is 24.3. The van der Waals surface area contributed by atoms with Gasteiger partial charge in [-0.1, -0.05) is 45.8 Å². The summed E-state index contributed by atoms with van der Waals surface area (Å²) in [7, 11) is -56.5. The first kappa shape index (κ1) is 108. The van der Waals surface area contributed by atoms with Crippen LogP contribution in [0.25, 0.3) is 0 Å². The van der Waals surface area contributed by atoms with Crippen LogP contribution in [0.5, 0.6) is 0 Å². The van der Waals surface area contributed by atoms with Gasteiger partial charge in [0, 0.05) is 19.2 Å². The summed E-state index contributed by atoms with van der Waals surface area (Å²) in [5.41, 5.74) is 0.775. The molecule has 0 aromatic rings. The molecule has 0 N–H and O–H groups in total. The van der Waals surface area contributed by atoms with E-state index in [0.29, 0.717) is 36.1 Å². The number of esters is 2. The second-order valence-corrected chi connectivity index (χ2v) is 129. The maximum atomic E-state index is 12.2. The second kappa shape index (κ2) is 40.2. The largest absolute Gasteiger partial charge is 0.636 e. The molecule has 21 nitrogen and oxygen atoms in total. The molecule has 0 radical (unpaired) electrons. The summed E-state index contributed by atoms with van der Waals surface area (Å²) in [6.07, 6.45) is 1.26. The number of hydrogen-bond donors (Lipinski definition) is 0. The van der Waals surface area contributed by atoms with Gasteiger partial charge in [0.2, 0.25) is 0 Å². The number of rotatable bonds is 47. The molecule has 0 aliphatic carbocycles. The van der Waals surface area contributed by atoms with Crippen molar-refractivity contribution in [2.75, 3.05) is 13.2 Å². The Balaban J connectivity index is 2.54. The Morgan fingerprint density at radius 2 is 0.550 bits per heavy atom. The third-order valence-corrected chi connectivity index (χ3v) is 106. The topological polar surface area (TPSA) is 210 Å².